The number of amides is 1. The predicted molar refractivity (Wildman–Crippen MR) is 96.8 cm³/mol. The third-order valence-electron chi connectivity index (χ3n) is 4.15. The number of benzene rings is 2. The summed E-state index contributed by atoms with van der Waals surface area (Å²) in [4.78, 5) is 24.3. The van der Waals surface area contributed by atoms with Crippen molar-refractivity contribution < 1.29 is 4.79 Å². The summed E-state index contributed by atoms with van der Waals surface area (Å²) in [5.41, 5.74) is 7.81. The summed E-state index contributed by atoms with van der Waals surface area (Å²) in [6.45, 7) is 6.39. The van der Waals surface area contributed by atoms with E-state index < -0.39 is 5.91 Å². The number of pyridine rings is 1. The van der Waals surface area contributed by atoms with Gasteiger partial charge in [-0.3, -0.25) is 9.59 Å². The molecule has 1 aromatic heterocycles. The van der Waals surface area contributed by atoms with Crippen LogP contribution in [0.25, 0.3) is 16.6 Å². The lowest BCUT2D eigenvalue weighted by Gasteiger charge is -2.25. The van der Waals surface area contributed by atoms with Crippen molar-refractivity contribution in [3.63, 3.8) is 0 Å². The molecule has 0 unspecified atom stereocenters. The number of hydrogen-bond donors (Lipinski definition) is 1. The molecular formula is C20H20N2O2. The first-order valence-corrected chi connectivity index (χ1v) is 7.85. The Morgan fingerprint density at radius 3 is 2.29 bits per heavy atom. The molecule has 4 nitrogen and oxygen atoms in total. The van der Waals surface area contributed by atoms with E-state index in [-0.39, 0.29) is 16.4 Å². The molecule has 3 rings (SSSR count). The van der Waals surface area contributed by atoms with E-state index in [0.29, 0.717) is 5.39 Å². The lowest BCUT2D eigenvalue weighted by molar-refractivity contribution is 0.0999. The van der Waals surface area contributed by atoms with Crippen LogP contribution in [0.15, 0.2) is 59.5 Å². The number of rotatable bonds is 2. The van der Waals surface area contributed by atoms with Crippen LogP contribution in [-0.4, -0.2) is 10.5 Å². The maximum atomic E-state index is 12.5. The highest BCUT2D eigenvalue weighted by Crippen LogP contribution is 2.30. The Morgan fingerprint density at radius 2 is 1.62 bits per heavy atom. The van der Waals surface area contributed by atoms with Crippen molar-refractivity contribution >= 4 is 16.8 Å². The summed E-state index contributed by atoms with van der Waals surface area (Å²) in [5.74, 6) is -0.715. The summed E-state index contributed by atoms with van der Waals surface area (Å²) in [7, 11) is 0. The summed E-state index contributed by atoms with van der Waals surface area (Å²) in [6.07, 6.45) is 1.55. The van der Waals surface area contributed by atoms with Gasteiger partial charge in [-0.15, -0.1) is 0 Å². The molecule has 24 heavy (non-hydrogen) atoms. The second-order valence-electron chi connectivity index (χ2n) is 6.89. The van der Waals surface area contributed by atoms with E-state index >= 15 is 0 Å². The highest BCUT2D eigenvalue weighted by Gasteiger charge is 2.20. The third kappa shape index (κ3) is 2.60. The van der Waals surface area contributed by atoms with Crippen molar-refractivity contribution in [2.24, 2.45) is 5.73 Å². The van der Waals surface area contributed by atoms with Gasteiger partial charge in [0.15, 0.2) is 0 Å². The standard InChI is InChI=1S/C20H20N2O2/c1-20(2,3)15-9-5-7-11-17(15)22-12-14(19(21)24)18(23)13-8-4-6-10-16(13)22/h4-12H,1-3H3,(H2,21,24). The molecule has 2 N–H and O–H groups in total. The fraction of sp³-hybridized carbons (Fsp3) is 0.200. The van der Waals surface area contributed by atoms with Crippen LogP contribution in [0.2, 0.25) is 0 Å². The second kappa shape index (κ2) is 5.64. The van der Waals surface area contributed by atoms with E-state index in [4.69, 9.17) is 5.73 Å². The fourth-order valence-electron chi connectivity index (χ4n) is 2.97. The normalized spacial score (nSPS) is 11.6. The van der Waals surface area contributed by atoms with Crippen LogP contribution < -0.4 is 11.2 Å². The number of para-hydroxylation sites is 2. The zero-order valence-corrected chi connectivity index (χ0v) is 14.0. The first-order valence-electron chi connectivity index (χ1n) is 7.85. The zero-order valence-electron chi connectivity index (χ0n) is 14.0. The molecular weight excluding hydrogens is 300 g/mol. The van der Waals surface area contributed by atoms with Gasteiger partial charge in [0.2, 0.25) is 5.43 Å². The number of aromatic nitrogens is 1. The largest absolute Gasteiger partial charge is 0.365 e. The molecule has 0 atom stereocenters. The van der Waals surface area contributed by atoms with Gasteiger partial charge in [-0.25, -0.2) is 0 Å². The molecule has 0 aliphatic carbocycles. The van der Waals surface area contributed by atoms with Crippen molar-refractivity contribution in [3.05, 3.63) is 76.1 Å². The van der Waals surface area contributed by atoms with Crippen LogP contribution in [-0.2, 0) is 5.41 Å². The number of hydrogen-bond acceptors (Lipinski definition) is 2. The lowest BCUT2D eigenvalue weighted by Crippen LogP contribution is -2.24. The van der Waals surface area contributed by atoms with Crippen molar-refractivity contribution in [3.8, 4) is 5.69 Å². The second-order valence-corrected chi connectivity index (χ2v) is 6.89. The number of carbonyl (C=O) groups is 1. The molecule has 0 aliphatic rings. The SMILES string of the molecule is CC(C)(C)c1ccccc1-n1cc(C(N)=O)c(=O)c2ccccc21. The molecule has 2 aromatic carbocycles. The van der Waals surface area contributed by atoms with Gasteiger partial charge in [-0.05, 0) is 29.2 Å². The smallest absolute Gasteiger partial charge is 0.254 e. The van der Waals surface area contributed by atoms with Gasteiger partial charge >= 0.3 is 0 Å². The van der Waals surface area contributed by atoms with Crippen LogP contribution in [0.5, 0.6) is 0 Å². The van der Waals surface area contributed by atoms with Gasteiger partial charge in [0.1, 0.15) is 5.56 Å². The Morgan fingerprint density at radius 1 is 1.00 bits per heavy atom. The number of carbonyl (C=O) groups excluding carboxylic acids is 1. The van der Waals surface area contributed by atoms with Gasteiger partial charge in [-0.2, -0.15) is 0 Å². The van der Waals surface area contributed by atoms with Crippen LogP contribution in [0.3, 0.4) is 0 Å². The molecule has 0 spiro atoms. The van der Waals surface area contributed by atoms with E-state index in [1.807, 2.05) is 34.9 Å². The molecule has 1 amide bonds. The Balaban J connectivity index is 2.47. The molecule has 0 fully saturated rings. The molecule has 4 heteroatoms. The Hall–Kier alpha value is -2.88. The van der Waals surface area contributed by atoms with Gasteiger partial charge < -0.3 is 10.3 Å². The van der Waals surface area contributed by atoms with E-state index in [1.165, 1.54) is 0 Å². The van der Waals surface area contributed by atoms with Crippen LogP contribution in [0.4, 0.5) is 0 Å². The van der Waals surface area contributed by atoms with E-state index in [1.54, 1.807) is 18.3 Å². The average Bonchev–Trinajstić information content (AvgIpc) is 2.54. The number of nitrogens with zero attached hydrogens (tertiary/aromatic N) is 1. The minimum Gasteiger partial charge on any atom is -0.365 e. The van der Waals surface area contributed by atoms with E-state index in [0.717, 1.165) is 16.8 Å². The van der Waals surface area contributed by atoms with E-state index in [9.17, 15) is 9.59 Å². The van der Waals surface area contributed by atoms with Gasteiger partial charge in [0.05, 0.1) is 5.52 Å². The first kappa shape index (κ1) is 16.0. The van der Waals surface area contributed by atoms with Crippen molar-refractivity contribution in [1.82, 2.24) is 4.57 Å². The van der Waals surface area contributed by atoms with E-state index in [2.05, 4.69) is 26.8 Å². The molecule has 0 bridgehead atoms. The molecule has 0 radical (unpaired) electrons. The summed E-state index contributed by atoms with van der Waals surface area (Å²) >= 11 is 0. The molecule has 3 aromatic rings. The van der Waals surface area contributed by atoms with Gasteiger partial charge in [0, 0.05) is 17.3 Å². The highest BCUT2D eigenvalue weighted by atomic mass is 16.2. The van der Waals surface area contributed by atoms with Gasteiger partial charge in [0.25, 0.3) is 5.91 Å². The summed E-state index contributed by atoms with van der Waals surface area (Å²) in [6, 6.07) is 15.2. The lowest BCUT2D eigenvalue weighted by atomic mass is 9.85. The van der Waals surface area contributed by atoms with Gasteiger partial charge in [-0.1, -0.05) is 51.1 Å². The van der Waals surface area contributed by atoms with Crippen molar-refractivity contribution in [2.45, 2.75) is 26.2 Å². The van der Waals surface area contributed by atoms with Crippen LogP contribution in [0.1, 0.15) is 36.7 Å². The van der Waals surface area contributed by atoms with Crippen LogP contribution >= 0.6 is 0 Å². The molecule has 122 valence electrons. The summed E-state index contributed by atoms with van der Waals surface area (Å²) in [5, 5.41) is 0.484. The number of primary amides is 1. The first-order chi connectivity index (χ1) is 11.3. The molecule has 1 heterocycles. The Bertz CT molecular complexity index is 994. The monoisotopic (exact) mass is 320 g/mol. The van der Waals surface area contributed by atoms with Crippen molar-refractivity contribution in [1.29, 1.82) is 0 Å². The highest BCUT2D eigenvalue weighted by molar-refractivity contribution is 5.96. The zero-order chi connectivity index (χ0) is 17.5. The topological polar surface area (TPSA) is 65.1 Å². The third-order valence-corrected chi connectivity index (χ3v) is 4.15. The summed E-state index contributed by atoms with van der Waals surface area (Å²) < 4.78 is 1.89. The minimum atomic E-state index is -0.715. The molecule has 0 saturated carbocycles. The van der Waals surface area contributed by atoms with Crippen LogP contribution in [0, 0.1) is 0 Å². The quantitative estimate of drug-likeness (QED) is 0.786. The average molecular weight is 320 g/mol. The Labute approximate surface area is 140 Å². The molecule has 0 saturated heterocycles. The number of nitrogens with two attached hydrogens (primary N) is 1. The predicted octanol–water partition coefficient (Wildman–Crippen LogP) is 3.39. The molecule has 0 aliphatic heterocycles. The minimum absolute atomic E-state index is 0.00240. The van der Waals surface area contributed by atoms with Crippen molar-refractivity contribution in [2.75, 3.05) is 0 Å². The maximum Gasteiger partial charge on any atom is 0.254 e. The maximum absolute atomic E-state index is 12.5. The fourth-order valence-corrected chi connectivity index (χ4v) is 2.97. The number of fused-ring (bicyclic) bond motifs is 1. The Kier molecular flexibility index (Phi) is 3.76.